The molecule has 1 fully saturated rings. The standard InChI is InChI=1S/C11H17F2N3/c1-7(2)9-14-10(16-15-9)8-3-5-11(12,13)6-4-8/h7-8H,3-6H2,1-2H3,(H,14,15,16). The van der Waals surface area contributed by atoms with Gasteiger partial charge in [-0.25, -0.2) is 13.8 Å². The van der Waals surface area contributed by atoms with E-state index in [2.05, 4.69) is 15.2 Å². The lowest BCUT2D eigenvalue weighted by molar-refractivity contribution is -0.0387. The highest BCUT2D eigenvalue weighted by atomic mass is 19.3. The lowest BCUT2D eigenvalue weighted by atomic mass is 9.86. The van der Waals surface area contributed by atoms with E-state index in [0.717, 1.165) is 11.6 Å². The van der Waals surface area contributed by atoms with Crippen molar-refractivity contribution in [2.24, 2.45) is 0 Å². The number of aromatic amines is 1. The van der Waals surface area contributed by atoms with Gasteiger partial charge in [-0.3, -0.25) is 5.10 Å². The van der Waals surface area contributed by atoms with E-state index in [-0.39, 0.29) is 24.7 Å². The van der Waals surface area contributed by atoms with Crippen LogP contribution < -0.4 is 0 Å². The van der Waals surface area contributed by atoms with Crippen molar-refractivity contribution in [3.05, 3.63) is 11.6 Å². The van der Waals surface area contributed by atoms with Gasteiger partial charge in [0.15, 0.2) is 5.82 Å². The first-order valence-corrected chi connectivity index (χ1v) is 5.78. The van der Waals surface area contributed by atoms with Gasteiger partial charge in [-0.15, -0.1) is 0 Å². The molecule has 5 heteroatoms. The van der Waals surface area contributed by atoms with Crippen molar-refractivity contribution >= 4 is 0 Å². The number of alkyl halides is 2. The predicted octanol–water partition coefficient (Wildman–Crippen LogP) is 3.22. The van der Waals surface area contributed by atoms with Gasteiger partial charge in [0.25, 0.3) is 0 Å². The zero-order valence-electron chi connectivity index (χ0n) is 9.63. The Bertz CT molecular complexity index is 350. The highest BCUT2D eigenvalue weighted by Gasteiger charge is 2.36. The van der Waals surface area contributed by atoms with E-state index >= 15 is 0 Å². The van der Waals surface area contributed by atoms with Crippen LogP contribution in [0.1, 0.15) is 63.0 Å². The topological polar surface area (TPSA) is 41.6 Å². The van der Waals surface area contributed by atoms with Crippen molar-refractivity contribution in [2.75, 3.05) is 0 Å². The van der Waals surface area contributed by atoms with Crippen LogP contribution >= 0.6 is 0 Å². The number of aromatic nitrogens is 3. The Balaban J connectivity index is 2.03. The van der Waals surface area contributed by atoms with Crippen LogP contribution in [0.25, 0.3) is 0 Å². The van der Waals surface area contributed by atoms with E-state index in [1.54, 1.807) is 0 Å². The highest BCUT2D eigenvalue weighted by molar-refractivity contribution is 5.02. The summed E-state index contributed by atoms with van der Waals surface area (Å²) in [7, 11) is 0. The fourth-order valence-electron chi connectivity index (χ4n) is 2.04. The zero-order valence-corrected chi connectivity index (χ0v) is 9.63. The third-order valence-electron chi connectivity index (χ3n) is 3.14. The number of H-pyrrole nitrogens is 1. The largest absolute Gasteiger partial charge is 0.263 e. The third-order valence-corrected chi connectivity index (χ3v) is 3.14. The molecule has 1 aromatic rings. The van der Waals surface area contributed by atoms with E-state index in [9.17, 15) is 8.78 Å². The minimum atomic E-state index is -2.47. The number of halogens is 2. The molecule has 0 aliphatic heterocycles. The Kier molecular flexibility index (Phi) is 2.95. The zero-order chi connectivity index (χ0) is 11.8. The fourth-order valence-corrected chi connectivity index (χ4v) is 2.04. The Morgan fingerprint density at radius 2 is 1.94 bits per heavy atom. The van der Waals surface area contributed by atoms with Crippen molar-refractivity contribution in [3.63, 3.8) is 0 Å². The van der Waals surface area contributed by atoms with E-state index in [0.29, 0.717) is 12.8 Å². The molecule has 1 aromatic heterocycles. The van der Waals surface area contributed by atoms with Gasteiger partial charge in [0.1, 0.15) is 5.82 Å². The van der Waals surface area contributed by atoms with Crippen molar-refractivity contribution in [3.8, 4) is 0 Å². The van der Waals surface area contributed by atoms with Crippen molar-refractivity contribution in [1.29, 1.82) is 0 Å². The number of hydrogen-bond acceptors (Lipinski definition) is 2. The van der Waals surface area contributed by atoms with Crippen LogP contribution in [0.5, 0.6) is 0 Å². The van der Waals surface area contributed by atoms with Crippen LogP contribution in [0, 0.1) is 0 Å². The van der Waals surface area contributed by atoms with Crippen molar-refractivity contribution in [2.45, 2.75) is 57.3 Å². The third kappa shape index (κ3) is 2.39. The lowest BCUT2D eigenvalue weighted by Crippen LogP contribution is -2.24. The molecule has 1 saturated carbocycles. The minimum Gasteiger partial charge on any atom is -0.263 e. The first-order valence-electron chi connectivity index (χ1n) is 5.78. The highest BCUT2D eigenvalue weighted by Crippen LogP contribution is 2.39. The SMILES string of the molecule is CC(C)c1n[nH]c(C2CCC(F)(F)CC2)n1. The molecule has 0 saturated heterocycles. The number of rotatable bonds is 2. The normalized spacial score (nSPS) is 21.6. The monoisotopic (exact) mass is 229 g/mol. The van der Waals surface area contributed by atoms with E-state index in [1.807, 2.05) is 13.8 Å². The summed E-state index contributed by atoms with van der Waals surface area (Å²) in [6.07, 6.45) is 0.935. The van der Waals surface area contributed by atoms with Crippen LogP contribution in [0.4, 0.5) is 8.78 Å². The fraction of sp³-hybridized carbons (Fsp3) is 0.818. The Morgan fingerprint density at radius 3 is 2.44 bits per heavy atom. The molecule has 0 unspecified atom stereocenters. The van der Waals surface area contributed by atoms with Gasteiger partial charge in [0.2, 0.25) is 5.92 Å². The minimum absolute atomic E-state index is 0.0324. The van der Waals surface area contributed by atoms with Crippen LogP contribution in [0.15, 0.2) is 0 Å². The molecule has 1 aliphatic rings. The van der Waals surface area contributed by atoms with E-state index < -0.39 is 5.92 Å². The summed E-state index contributed by atoms with van der Waals surface area (Å²) in [4.78, 5) is 4.37. The van der Waals surface area contributed by atoms with Gasteiger partial charge in [0.05, 0.1) is 0 Å². The first-order chi connectivity index (χ1) is 7.48. The summed E-state index contributed by atoms with van der Waals surface area (Å²) < 4.78 is 26.0. The van der Waals surface area contributed by atoms with E-state index in [1.165, 1.54) is 0 Å². The van der Waals surface area contributed by atoms with Gasteiger partial charge >= 0.3 is 0 Å². The quantitative estimate of drug-likeness (QED) is 0.846. The smallest absolute Gasteiger partial charge is 0.248 e. The van der Waals surface area contributed by atoms with Crippen LogP contribution in [0.2, 0.25) is 0 Å². The van der Waals surface area contributed by atoms with Gasteiger partial charge in [-0.05, 0) is 12.8 Å². The number of nitrogens with zero attached hydrogens (tertiary/aromatic N) is 2. The van der Waals surface area contributed by atoms with Gasteiger partial charge in [-0.2, -0.15) is 5.10 Å². The molecule has 0 spiro atoms. The molecule has 3 nitrogen and oxygen atoms in total. The second-order valence-corrected chi connectivity index (χ2v) is 4.86. The Morgan fingerprint density at radius 1 is 1.31 bits per heavy atom. The molecular weight excluding hydrogens is 212 g/mol. The summed E-state index contributed by atoms with van der Waals surface area (Å²) in [5.41, 5.74) is 0. The summed E-state index contributed by atoms with van der Waals surface area (Å²) in [5.74, 6) is -0.529. The van der Waals surface area contributed by atoms with Crippen LogP contribution in [0.3, 0.4) is 0 Å². The lowest BCUT2D eigenvalue weighted by Gasteiger charge is -2.26. The summed E-state index contributed by atoms with van der Waals surface area (Å²) >= 11 is 0. The molecule has 2 rings (SSSR count). The first kappa shape index (κ1) is 11.5. The summed E-state index contributed by atoms with van der Waals surface area (Å²) in [6, 6.07) is 0. The molecule has 0 radical (unpaired) electrons. The van der Waals surface area contributed by atoms with Gasteiger partial charge in [0, 0.05) is 24.7 Å². The van der Waals surface area contributed by atoms with Crippen molar-refractivity contribution in [1.82, 2.24) is 15.2 Å². The molecule has 90 valence electrons. The maximum atomic E-state index is 13.0. The maximum Gasteiger partial charge on any atom is 0.248 e. The molecule has 0 amide bonds. The number of hydrogen-bond donors (Lipinski definition) is 1. The summed E-state index contributed by atoms with van der Waals surface area (Å²) in [6.45, 7) is 4.03. The summed E-state index contributed by atoms with van der Waals surface area (Å²) in [5, 5.41) is 6.98. The average Bonchev–Trinajstić information content (AvgIpc) is 2.66. The second kappa shape index (κ2) is 4.11. The van der Waals surface area contributed by atoms with Gasteiger partial charge < -0.3 is 0 Å². The second-order valence-electron chi connectivity index (χ2n) is 4.86. The van der Waals surface area contributed by atoms with Crippen molar-refractivity contribution < 1.29 is 8.78 Å². The van der Waals surface area contributed by atoms with E-state index in [4.69, 9.17) is 0 Å². The maximum absolute atomic E-state index is 13.0. The molecule has 1 heterocycles. The Hall–Kier alpha value is -1.00. The molecule has 0 atom stereocenters. The number of nitrogens with one attached hydrogen (secondary N) is 1. The molecule has 16 heavy (non-hydrogen) atoms. The molecule has 1 N–H and O–H groups in total. The van der Waals surface area contributed by atoms with Crippen LogP contribution in [-0.4, -0.2) is 21.1 Å². The van der Waals surface area contributed by atoms with Crippen LogP contribution in [-0.2, 0) is 0 Å². The predicted molar refractivity (Wildman–Crippen MR) is 56.6 cm³/mol. The molecule has 1 aliphatic carbocycles. The molecular formula is C11H17F2N3. The molecule has 0 bridgehead atoms. The average molecular weight is 229 g/mol. The Labute approximate surface area is 93.7 Å². The van der Waals surface area contributed by atoms with Gasteiger partial charge in [-0.1, -0.05) is 13.8 Å². The molecule has 0 aromatic carbocycles.